The molecular formula is C32H54FN2O9P. The molecule has 13 heteroatoms. The molecule has 3 N–H and O–H groups in total. The molecule has 0 amide bonds. The van der Waals surface area contributed by atoms with E-state index >= 15 is 0 Å². The lowest BCUT2D eigenvalue weighted by Crippen LogP contribution is -2.35. The molecule has 1 aliphatic carbocycles. The van der Waals surface area contributed by atoms with Crippen molar-refractivity contribution in [2.75, 3.05) is 19.8 Å². The number of aliphatic hydroxyl groups is 1. The van der Waals surface area contributed by atoms with Gasteiger partial charge in [0.15, 0.2) is 6.10 Å². The average molecular weight is 661 g/mol. The van der Waals surface area contributed by atoms with Crippen molar-refractivity contribution in [3.8, 4) is 0 Å². The van der Waals surface area contributed by atoms with Gasteiger partial charge in [-0.2, -0.15) is 4.39 Å². The number of nitrogens with zero attached hydrogens (tertiary/aromatic N) is 1. The Kier molecular flexibility index (Phi) is 17.1. The summed E-state index contributed by atoms with van der Waals surface area (Å²) in [6.45, 7) is 1.88. The molecule has 0 saturated heterocycles. The fraction of sp³-hybridized carbons (Fsp3) is 0.812. The van der Waals surface area contributed by atoms with Crippen LogP contribution in [0.2, 0.25) is 0 Å². The third kappa shape index (κ3) is 14.2. The van der Waals surface area contributed by atoms with Crippen molar-refractivity contribution in [2.45, 2.75) is 141 Å². The molecule has 1 aromatic heterocycles. The summed E-state index contributed by atoms with van der Waals surface area (Å²) in [6.07, 6.45) is 22.2. The van der Waals surface area contributed by atoms with E-state index in [0.29, 0.717) is 17.4 Å². The third-order valence-corrected chi connectivity index (χ3v) is 9.77. The summed E-state index contributed by atoms with van der Waals surface area (Å²) in [6, 6.07) is 0. The van der Waals surface area contributed by atoms with Gasteiger partial charge in [-0.1, -0.05) is 109 Å². The zero-order valence-corrected chi connectivity index (χ0v) is 27.7. The zero-order valence-electron chi connectivity index (χ0n) is 26.8. The normalized spacial score (nSPS) is 20.9. The van der Waals surface area contributed by atoms with E-state index in [2.05, 4.69) is 0 Å². The second kappa shape index (κ2) is 20.4. The van der Waals surface area contributed by atoms with Crippen LogP contribution in [0.1, 0.15) is 122 Å². The summed E-state index contributed by atoms with van der Waals surface area (Å²) >= 11 is 0. The molecule has 1 saturated carbocycles. The Morgan fingerprint density at radius 1 is 0.956 bits per heavy atom. The first-order chi connectivity index (χ1) is 21.7. The van der Waals surface area contributed by atoms with Crippen molar-refractivity contribution >= 4 is 13.7 Å². The number of aliphatic hydroxyl groups excluding tert-OH is 1. The van der Waals surface area contributed by atoms with Crippen LogP contribution in [0.5, 0.6) is 0 Å². The molecule has 0 bridgehead atoms. The molecule has 258 valence electrons. The lowest BCUT2D eigenvalue weighted by atomic mass is 9.85. The minimum atomic E-state index is -4.51. The van der Waals surface area contributed by atoms with Crippen molar-refractivity contribution < 1.29 is 37.5 Å². The van der Waals surface area contributed by atoms with Gasteiger partial charge >= 0.3 is 13.5 Å². The molecule has 1 unspecified atom stereocenters. The SMILES string of the molecule is C[C@@H](OP(=O)(O)OCCOCCCCCCCCCCCCCCC1CCCCC1)[C@H]1OC(n2cc(F)c(=O)[nH]c2=O)=C[C@@H]1O. The minimum Gasteiger partial charge on any atom is -0.469 e. The van der Waals surface area contributed by atoms with Gasteiger partial charge in [-0.25, -0.2) is 13.9 Å². The molecule has 11 nitrogen and oxygen atoms in total. The second-order valence-corrected chi connectivity index (χ2v) is 13.9. The van der Waals surface area contributed by atoms with E-state index in [9.17, 15) is 28.5 Å². The number of H-pyrrole nitrogens is 1. The van der Waals surface area contributed by atoms with Gasteiger partial charge in [0.05, 0.1) is 19.4 Å². The number of halogens is 1. The molecular weight excluding hydrogens is 606 g/mol. The number of hydrogen-bond donors (Lipinski definition) is 3. The van der Waals surface area contributed by atoms with Crippen LogP contribution in [0.15, 0.2) is 21.9 Å². The van der Waals surface area contributed by atoms with Crippen LogP contribution in [-0.2, 0) is 23.1 Å². The fourth-order valence-electron chi connectivity index (χ4n) is 6.11. The molecule has 1 fully saturated rings. The molecule has 2 aliphatic rings. The lowest BCUT2D eigenvalue weighted by Gasteiger charge is -2.24. The van der Waals surface area contributed by atoms with E-state index in [1.807, 2.05) is 0 Å². The van der Waals surface area contributed by atoms with E-state index in [0.717, 1.165) is 24.8 Å². The van der Waals surface area contributed by atoms with E-state index in [4.69, 9.17) is 18.5 Å². The van der Waals surface area contributed by atoms with Crippen LogP contribution in [0.25, 0.3) is 5.88 Å². The van der Waals surface area contributed by atoms with Crippen molar-refractivity contribution in [1.29, 1.82) is 0 Å². The quantitative estimate of drug-likeness (QED) is 0.0892. The number of phosphoric acid groups is 1. The number of phosphoric ester groups is 1. The largest absolute Gasteiger partial charge is 0.472 e. The summed E-state index contributed by atoms with van der Waals surface area (Å²) in [5, 5.41) is 10.3. The maximum Gasteiger partial charge on any atom is 0.472 e. The van der Waals surface area contributed by atoms with Crippen molar-refractivity contribution in [2.24, 2.45) is 5.92 Å². The zero-order chi connectivity index (χ0) is 32.5. The van der Waals surface area contributed by atoms with E-state index in [1.54, 1.807) is 4.98 Å². The highest BCUT2D eigenvalue weighted by Crippen LogP contribution is 2.46. The first kappa shape index (κ1) is 37.6. The van der Waals surface area contributed by atoms with Crippen LogP contribution < -0.4 is 11.2 Å². The highest BCUT2D eigenvalue weighted by Gasteiger charge is 2.38. The van der Waals surface area contributed by atoms with E-state index in [1.165, 1.54) is 110 Å². The van der Waals surface area contributed by atoms with Gasteiger partial charge in [-0.15, -0.1) is 0 Å². The Balaban J connectivity index is 1.12. The number of aromatic amines is 1. The Morgan fingerprint density at radius 2 is 1.56 bits per heavy atom. The molecule has 0 radical (unpaired) electrons. The summed E-state index contributed by atoms with van der Waals surface area (Å²) in [7, 11) is -4.51. The molecule has 2 heterocycles. The number of ether oxygens (including phenoxy) is 2. The Morgan fingerprint density at radius 3 is 2.20 bits per heavy atom. The van der Waals surface area contributed by atoms with Gasteiger partial charge in [-0.05, 0) is 19.3 Å². The standard InChI is InChI=1S/C32H54FN2O9P/c1-25(30-28(36)23-29(43-30)35-24-27(33)31(37)34-32(35)38)44-45(39,40)42-22-21-41-20-16-11-9-7-5-3-2-4-6-8-10-13-17-26-18-14-12-15-19-26/h23-26,28,30,36H,2-22H2,1H3,(H,39,40)(H,34,37,38)/t25-,28+,30-/m1/s1. The fourth-order valence-corrected chi connectivity index (χ4v) is 7.01. The molecule has 1 aliphatic heterocycles. The van der Waals surface area contributed by atoms with Gasteiger partial charge in [0.1, 0.15) is 12.2 Å². The highest BCUT2D eigenvalue weighted by atomic mass is 31.2. The molecule has 3 rings (SSSR count). The summed E-state index contributed by atoms with van der Waals surface area (Å²) in [4.78, 5) is 35.0. The van der Waals surface area contributed by atoms with Crippen molar-refractivity contribution in [3.05, 3.63) is 38.9 Å². The first-order valence-corrected chi connectivity index (χ1v) is 18.5. The predicted octanol–water partition coefficient (Wildman–Crippen LogP) is 6.42. The van der Waals surface area contributed by atoms with Gasteiger partial charge < -0.3 is 19.5 Å². The smallest absolute Gasteiger partial charge is 0.469 e. The number of hydrogen-bond acceptors (Lipinski definition) is 8. The topological polar surface area (TPSA) is 149 Å². The third-order valence-electron chi connectivity index (χ3n) is 8.66. The van der Waals surface area contributed by atoms with E-state index in [-0.39, 0.29) is 19.1 Å². The summed E-state index contributed by atoms with van der Waals surface area (Å²) in [5.41, 5.74) is -2.17. The predicted molar refractivity (Wildman–Crippen MR) is 170 cm³/mol. The van der Waals surface area contributed by atoms with Crippen LogP contribution >= 0.6 is 7.82 Å². The van der Waals surface area contributed by atoms with E-state index < -0.39 is 43.2 Å². The molecule has 45 heavy (non-hydrogen) atoms. The highest BCUT2D eigenvalue weighted by molar-refractivity contribution is 7.47. The monoisotopic (exact) mass is 660 g/mol. The van der Waals surface area contributed by atoms with Crippen LogP contribution in [0, 0.1) is 11.7 Å². The number of rotatable bonds is 23. The lowest BCUT2D eigenvalue weighted by molar-refractivity contribution is -0.0243. The Hall–Kier alpha value is -1.82. The second-order valence-electron chi connectivity index (χ2n) is 12.4. The number of nitrogens with one attached hydrogen (secondary N) is 1. The van der Waals surface area contributed by atoms with Gasteiger partial charge in [0.25, 0.3) is 5.56 Å². The molecule has 0 aromatic carbocycles. The van der Waals surface area contributed by atoms with Gasteiger partial charge in [0.2, 0.25) is 11.7 Å². The molecule has 1 aromatic rings. The molecule has 4 atom stereocenters. The van der Waals surface area contributed by atoms with Gasteiger partial charge in [-0.3, -0.25) is 18.8 Å². The maximum absolute atomic E-state index is 13.6. The minimum absolute atomic E-state index is 0.123. The van der Waals surface area contributed by atoms with Crippen molar-refractivity contribution in [1.82, 2.24) is 9.55 Å². The number of aromatic nitrogens is 2. The molecule has 0 spiro atoms. The van der Waals surface area contributed by atoms with Gasteiger partial charge in [0, 0.05) is 12.7 Å². The summed E-state index contributed by atoms with van der Waals surface area (Å²) < 4.78 is 47.6. The van der Waals surface area contributed by atoms with Crippen LogP contribution in [0.4, 0.5) is 4.39 Å². The van der Waals surface area contributed by atoms with Crippen molar-refractivity contribution in [3.63, 3.8) is 0 Å². The Bertz CT molecular complexity index is 1180. The Labute approximate surface area is 266 Å². The van der Waals surface area contributed by atoms with Crippen LogP contribution in [0.3, 0.4) is 0 Å². The average Bonchev–Trinajstić information content (AvgIpc) is 3.40. The number of unbranched alkanes of at least 4 members (excludes halogenated alkanes) is 11. The first-order valence-electron chi connectivity index (χ1n) is 17.0. The van der Waals surface area contributed by atoms with Crippen LogP contribution in [-0.4, -0.2) is 57.7 Å². The maximum atomic E-state index is 13.6. The summed E-state index contributed by atoms with van der Waals surface area (Å²) in [5.74, 6) is -0.460.